The third-order valence-electron chi connectivity index (χ3n) is 5.48. The van der Waals surface area contributed by atoms with Crippen LogP contribution < -0.4 is 9.47 Å². The molecule has 1 atom stereocenters. The van der Waals surface area contributed by atoms with Gasteiger partial charge in [-0.2, -0.15) is 0 Å². The number of Topliss-reactive ketones (excluding diaryl/α,β-unsaturated/α-hetero) is 1. The summed E-state index contributed by atoms with van der Waals surface area (Å²) in [5.74, 6) is -0.684. The number of ketones is 1. The number of benzene rings is 2. The molecule has 2 aromatic carbocycles. The Morgan fingerprint density at radius 1 is 1.09 bits per heavy atom. The van der Waals surface area contributed by atoms with Gasteiger partial charge in [0, 0.05) is 17.7 Å². The largest absolute Gasteiger partial charge is 0.507 e. The van der Waals surface area contributed by atoms with Crippen molar-refractivity contribution in [1.82, 2.24) is 4.90 Å². The molecule has 0 radical (unpaired) electrons. The fourth-order valence-electron chi connectivity index (χ4n) is 3.93. The third-order valence-corrected chi connectivity index (χ3v) is 5.79. The first-order valence-electron chi connectivity index (χ1n) is 10.8. The van der Waals surface area contributed by atoms with Crippen LogP contribution in [-0.2, 0) is 9.59 Å². The van der Waals surface area contributed by atoms with Crippen molar-refractivity contribution in [3.05, 3.63) is 64.2 Å². The summed E-state index contributed by atoms with van der Waals surface area (Å²) in [7, 11) is 1.54. The number of ether oxygens (including phenoxy) is 2. The Balaban J connectivity index is 2.17. The lowest BCUT2D eigenvalue weighted by Gasteiger charge is -2.26. The van der Waals surface area contributed by atoms with Crippen molar-refractivity contribution >= 4 is 29.1 Å². The molecule has 6 nitrogen and oxygen atoms in total. The summed E-state index contributed by atoms with van der Waals surface area (Å²) in [6.45, 7) is 4.70. The molecule has 0 bridgehead atoms. The number of aliphatic hydroxyl groups is 1. The average molecular weight is 458 g/mol. The number of rotatable bonds is 9. The van der Waals surface area contributed by atoms with E-state index < -0.39 is 17.7 Å². The predicted molar refractivity (Wildman–Crippen MR) is 124 cm³/mol. The first kappa shape index (κ1) is 23.7. The minimum absolute atomic E-state index is 0.0285. The molecular formula is C25H28ClNO5. The van der Waals surface area contributed by atoms with Gasteiger partial charge in [0.25, 0.3) is 11.7 Å². The molecule has 3 rings (SSSR count). The summed E-state index contributed by atoms with van der Waals surface area (Å²) in [5.41, 5.74) is 1.02. The van der Waals surface area contributed by atoms with E-state index in [4.69, 9.17) is 21.1 Å². The Morgan fingerprint density at radius 2 is 1.84 bits per heavy atom. The number of carbonyl (C=O) groups is 2. The minimum atomic E-state index is -0.755. The molecule has 1 N–H and O–H groups in total. The number of hydrogen-bond donors (Lipinski definition) is 1. The lowest BCUT2D eigenvalue weighted by Crippen LogP contribution is -2.30. The second-order valence-electron chi connectivity index (χ2n) is 7.52. The minimum Gasteiger partial charge on any atom is -0.507 e. The van der Waals surface area contributed by atoms with Crippen LogP contribution in [0.1, 0.15) is 50.3 Å². The number of methoxy groups -OCH3 is 1. The van der Waals surface area contributed by atoms with Crippen molar-refractivity contribution in [1.29, 1.82) is 0 Å². The van der Waals surface area contributed by atoms with Crippen molar-refractivity contribution < 1.29 is 24.2 Å². The topological polar surface area (TPSA) is 76.1 Å². The maximum atomic E-state index is 13.1. The van der Waals surface area contributed by atoms with Gasteiger partial charge in [-0.15, -0.1) is 0 Å². The summed E-state index contributed by atoms with van der Waals surface area (Å²) < 4.78 is 11.0. The summed E-state index contributed by atoms with van der Waals surface area (Å²) in [5, 5.41) is 11.6. The van der Waals surface area contributed by atoms with Crippen LogP contribution in [0.4, 0.5) is 0 Å². The molecule has 0 aliphatic carbocycles. The predicted octanol–water partition coefficient (Wildman–Crippen LogP) is 5.36. The van der Waals surface area contributed by atoms with Gasteiger partial charge in [0.1, 0.15) is 17.3 Å². The second-order valence-corrected chi connectivity index (χ2v) is 7.93. The van der Waals surface area contributed by atoms with Crippen molar-refractivity contribution in [2.24, 2.45) is 0 Å². The number of aliphatic hydroxyl groups excluding tert-OH is 1. The number of nitrogens with zero attached hydrogens (tertiary/aromatic N) is 1. The van der Waals surface area contributed by atoms with Gasteiger partial charge in [-0.3, -0.25) is 9.59 Å². The molecule has 1 amide bonds. The molecular weight excluding hydrogens is 430 g/mol. The molecule has 0 spiro atoms. The van der Waals surface area contributed by atoms with E-state index in [0.29, 0.717) is 40.8 Å². The Bertz CT molecular complexity index is 1030. The number of para-hydroxylation sites is 1. The van der Waals surface area contributed by atoms with Gasteiger partial charge in [-0.1, -0.05) is 49.6 Å². The Morgan fingerprint density at radius 3 is 2.53 bits per heavy atom. The van der Waals surface area contributed by atoms with E-state index in [-0.39, 0.29) is 11.3 Å². The SMILES string of the molecule is CCCCCN1C(=O)C(=O)/C(=C(/O)c2ccc(Cl)c(OCC)c2)C1c1ccccc1OC. The highest BCUT2D eigenvalue weighted by Crippen LogP contribution is 2.43. The maximum Gasteiger partial charge on any atom is 0.295 e. The molecule has 0 saturated carbocycles. The number of likely N-dealkylation sites (tertiary alicyclic amines) is 1. The molecule has 170 valence electrons. The molecule has 32 heavy (non-hydrogen) atoms. The third kappa shape index (κ3) is 4.60. The highest BCUT2D eigenvalue weighted by Gasteiger charge is 2.46. The van der Waals surface area contributed by atoms with Crippen LogP contribution in [0.3, 0.4) is 0 Å². The van der Waals surface area contributed by atoms with Gasteiger partial charge in [-0.05, 0) is 37.6 Å². The average Bonchev–Trinajstić information content (AvgIpc) is 3.05. The monoisotopic (exact) mass is 457 g/mol. The lowest BCUT2D eigenvalue weighted by atomic mass is 9.94. The maximum absolute atomic E-state index is 13.1. The smallest absolute Gasteiger partial charge is 0.295 e. The van der Waals surface area contributed by atoms with E-state index in [0.717, 1.165) is 19.3 Å². The van der Waals surface area contributed by atoms with Gasteiger partial charge in [0.2, 0.25) is 0 Å². The number of carbonyl (C=O) groups excluding carboxylic acids is 2. The van der Waals surface area contributed by atoms with Gasteiger partial charge in [-0.25, -0.2) is 0 Å². The first-order valence-corrected chi connectivity index (χ1v) is 11.2. The van der Waals surface area contributed by atoms with Gasteiger partial charge in [0.15, 0.2) is 0 Å². The van der Waals surface area contributed by atoms with Crippen LogP contribution in [-0.4, -0.2) is 42.0 Å². The van der Waals surface area contributed by atoms with Crippen LogP contribution in [0.15, 0.2) is 48.0 Å². The summed E-state index contributed by atoms with van der Waals surface area (Å²) in [6.07, 6.45) is 2.66. The molecule has 1 heterocycles. The van der Waals surface area contributed by atoms with Crippen molar-refractivity contribution in [2.75, 3.05) is 20.3 Å². The Labute approximate surface area is 193 Å². The lowest BCUT2D eigenvalue weighted by molar-refractivity contribution is -0.139. The fraction of sp³-hybridized carbons (Fsp3) is 0.360. The zero-order valence-electron chi connectivity index (χ0n) is 18.6. The number of hydrogen-bond acceptors (Lipinski definition) is 5. The molecule has 7 heteroatoms. The zero-order chi connectivity index (χ0) is 23.3. The van der Waals surface area contributed by atoms with E-state index in [2.05, 4.69) is 6.92 Å². The van der Waals surface area contributed by atoms with E-state index in [1.165, 1.54) is 12.0 Å². The summed E-state index contributed by atoms with van der Waals surface area (Å²) in [4.78, 5) is 27.6. The van der Waals surface area contributed by atoms with Crippen LogP contribution >= 0.6 is 11.6 Å². The zero-order valence-corrected chi connectivity index (χ0v) is 19.3. The van der Waals surface area contributed by atoms with Crippen LogP contribution in [0.5, 0.6) is 11.5 Å². The van der Waals surface area contributed by atoms with Crippen molar-refractivity contribution in [2.45, 2.75) is 39.2 Å². The van der Waals surface area contributed by atoms with E-state index in [9.17, 15) is 14.7 Å². The second kappa shape index (κ2) is 10.6. The van der Waals surface area contributed by atoms with E-state index in [1.54, 1.807) is 24.3 Å². The van der Waals surface area contributed by atoms with Crippen LogP contribution in [0.25, 0.3) is 5.76 Å². The highest BCUT2D eigenvalue weighted by molar-refractivity contribution is 6.46. The summed E-state index contributed by atoms with van der Waals surface area (Å²) >= 11 is 6.18. The molecule has 1 aliphatic heterocycles. The van der Waals surface area contributed by atoms with E-state index in [1.807, 2.05) is 25.1 Å². The Hall–Kier alpha value is -2.99. The first-order chi connectivity index (χ1) is 15.4. The fourth-order valence-corrected chi connectivity index (χ4v) is 4.10. The highest BCUT2D eigenvalue weighted by atomic mass is 35.5. The standard InChI is InChI=1S/C25H28ClNO5/c1-4-6-9-14-27-22(17-10-7-8-11-19(17)31-3)21(24(29)25(27)30)23(28)16-12-13-18(26)20(15-16)32-5-2/h7-8,10-13,15,22,28H,4-6,9,14H2,1-3H3/b23-21+. The molecule has 1 fully saturated rings. The number of unbranched alkanes of at least 4 members (excludes halogenated alkanes) is 2. The number of halogens is 1. The Kier molecular flexibility index (Phi) is 7.80. The summed E-state index contributed by atoms with van der Waals surface area (Å²) in [6, 6.07) is 11.2. The van der Waals surface area contributed by atoms with Crippen LogP contribution in [0.2, 0.25) is 5.02 Å². The van der Waals surface area contributed by atoms with E-state index >= 15 is 0 Å². The van der Waals surface area contributed by atoms with Crippen LogP contribution in [0, 0.1) is 0 Å². The normalized spacial score (nSPS) is 17.6. The van der Waals surface area contributed by atoms with Gasteiger partial charge < -0.3 is 19.5 Å². The van der Waals surface area contributed by atoms with Crippen molar-refractivity contribution in [3.8, 4) is 11.5 Å². The molecule has 1 aliphatic rings. The van der Waals surface area contributed by atoms with Crippen molar-refractivity contribution in [3.63, 3.8) is 0 Å². The molecule has 2 aromatic rings. The molecule has 0 aromatic heterocycles. The number of amides is 1. The van der Waals surface area contributed by atoms with Gasteiger partial charge in [0.05, 0.1) is 30.4 Å². The van der Waals surface area contributed by atoms with Gasteiger partial charge >= 0.3 is 0 Å². The molecule has 1 saturated heterocycles. The molecule has 1 unspecified atom stereocenters. The quantitative estimate of drug-likeness (QED) is 0.237.